The normalized spacial score (nSPS) is 13.2. The van der Waals surface area contributed by atoms with Crippen molar-refractivity contribution in [3.8, 4) is 0 Å². The molecule has 0 aromatic carbocycles. The highest BCUT2D eigenvalue weighted by Gasteiger charge is 2.19. The van der Waals surface area contributed by atoms with Crippen LogP contribution in [0.5, 0.6) is 0 Å². The van der Waals surface area contributed by atoms with Gasteiger partial charge >= 0.3 is 17.9 Å². The Hall–Kier alpha value is -4.45. The van der Waals surface area contributed by atoms with Crippen molar-refractivity contribution in [3.05, 3.63) is 134 Å². The Balaban J connectivity index is 4.54. The van der Waals surface area contributed by atoms with E-state index in [9.17, 15) is 14.4 Å². The lowest BCUT2D eigenvalue weighted by atomic mass is 10.1. The lowest BCUT2D eigenvalue weighted by molar-refractivity contribution is -0.167. The van der Waals surface area contributed by atoms with Gasteiger partial charge in [0.2, 0.25) is 0 Å². The monoisotopic (exact) mass is 897 g/mol. The zero-order chi connectivity index (χ0) is 47.2. The Morgan fingerprint density at radius 1 is 0.338 bits per heavy atom. The third-order valence-electron chi connectivity index (χ3n) is 10.3. The minimum absolute atomic E-state index is 0.115. The van der Waals surface area contributed by atoms with Gasteiger partial charge in [-0.15, -0.1) is 0 Å². The van der Waals surface area contributed by atoms with Crippen LogP contribution in [0.4, 0.5) is 0 Å². The molecule has 0 saturated heterocycles. The van der Waals surface area contributed by atoms with E-state index in [0.717, 1.165) is 96.3 Å². The molecule has 0 saturated carbocycles. The van der Waals surface area contributed by atoms with Crippen LogP contribution >= 0.6 is 0 Å². The smallest absolute Gasteiger partial charge is 0.306 e. The van der Waals surface area contributed by atoms with Gasteiger partial charge in [-0.3, -0.25) is 14.4 Å². The highest BCUT2D eigenvalue weighted by molar-refractivity contribution is 5.71. The number of esters is 3. The van der Waals surface area contributed by atoms with Gasteiger partial charge in [0, 0.05) is 19.3 Å². The van der Waals surface area contributed by atoms with Crippen molar-refractivity contribution in [2.45, 2.75) is 207 Å². The van der Waals surface area contributed by atoms with E-state index in [2.05, 4.69) is 81.5 Å². The summed E-state index contributed by atoms with van der Waals surface area (Å²) in [6, 6.07) is 0. The quantitative estimate of drug-likeness (QED) is 0.0199. The van der Waals surface area contributed by atoms with Gasteiger partial charge in [0.15, 0.2) is 6.10 Å². The van der Waals surface area contributed by atoms with Crippen LogP contribution in [-0.4, -0.2) is 37.2 Å². The van der Waals surface area contributed by atoms with Gasteiger partial charge < -0.3 is 14.2 Å². The van der Waals surface area contributed by atoms with Crippen LogP contribution in [0.3, 0.4) is 0 Å². The van der Waals surface area contributed by atoms with E-state index in [-0.39, 0.29) is 31.1 Å². The van der Waals surface area contributed by atoms with Crippen LogP contribution < -0.4 is 0 Å². The number of carbonyl (C=O) groups excluding carboxylic acids is 3. The summed E-state index contributed by atoms with van der Waals surface area (Å²) in [6.45, 7) is 6.32. The lowest BCUT2D eigenvalue weighted by Crippen LogP contribution is -2.30. The molecule has 0 rings (SSSR count). The van der Waals surface area contributed by atoms with Crippen molar-refractivity contribution >= 4 is 17.9 Å². The van der Waals surface area contributed by atoms with Gasteiger partial charge in [-0.1, -0.05) is 225 Å². The first kappa shape index (κ1) is 60.5. The highest BCUT2D eigenvalue weighted by Crippen LogP contribution is 2.13. The first-order valence-corrected chi connectivity index (χ1v) is 25.8. The van der Waals surface area contributed by atoms with Crippen LogP contribution in [0.2, 0.25) is 0 Å². The first-order chi connectivity index (χ1) is 32.0. The number of hydrogen-bond donors (Lipinski definition) is 0. The molecule has 0 aromatic heterocycles. The molecule has 6 nitrogen and oxygen atoms in total. The summed E-state index contributed by atoms with van der Waals surface area (Å²) >= 11 is 0. The molecule has 0 fully saturated rings. The first-order valence-electron chi connectivity index (χ1n) is 25.8. The summed E-state index contributed by atoms with van der Waals surface area (Å²) in [5.74, 6) is -1.00. The Kier molecular flexibility index (Phi) is 48.6. The fourth-order valence-electron chi connectivity index (χ4n) is 6.43. The predicted molar refractivity (Wildman–Crippen MR) is 279 cm³/mol. The van der Waals surface area contributed by atoms with Gasteiger partial charge in [-0.25, -0.2) is 0 Å². The molecule has 364 valence electrons. The number of ether oxygens (including phenoxy) is 3. The molecule has 1 unspecified atom stereocenters. The maximum Gasteiger partial charge on any atom is 0.306 e. The molecule has 65 heavy (non-hydrogen) atoms. The maximum atomic E-state index is 12.8. The third kappa shape index (κ3) is 50.4. The Morgan fingerprint density at radius 3 is 1.14 bits per heavy atom. The second-order valence-corrected chi connectivity index (χ2v) is 16.6. The van der Waals surface area contributed by atoms with Gasteiger partial charge in [-0.05, 0) is 89.9 Å². The largest absolute Gasteiger partial charge is 0.462 e. The molecule has 6 heteroatoms. The molecule has 0 aliphatic carbocycles. The summed E-state index contributed by atoms with van der Waals surface area (Å²) in [5, 5.41) is 0. The third-order valence-corrected chi connectivity index (χ3v) is 10.3. The standard InChI is InChI=1S/C59H92O6/c1-4-7-10-13-16-19-22-24-26-28-29-31-32-34-37-40-43-46-49-52-58(61)64-55-56(54-63-57(60)51-48-45-42-39-36-21-18-15-12-9-6-3)65-59(62)53-50-47-44-41-38-35-33-30-27-25-23-20-17-14-11-8-5-2/h7,10,13,15-22,24-29,31-32,34,36-37,56H,4-6,8-9,11-12,14,23,30,33,35,38-55H2,1-3H3/b10-7-,16-13-,18-15-,20-17-,22-19-,26-24-,27-25-,29-28+,32-31-,36-21-,37-34-. The molecule has 0 bridgehead atoms. The molecule has 0 amide bonds. The number of unbranched alkanes of at least 4 members (excludes halogenated alkanes) is 18. The number of allylic oxidation sites excluding steroid dienone is 22. The molecule has 0 N–H and O–H groups in total. The van der Waals surface area contributed by atoms with E-state index in [1.807, 2.05) is 72.9 Å². The average molecular weight is 897 g/mol. The van der Waals surface area contributed by atoms with Crippen molar-refractivity contribution in [1.82, 2.24) is 0 Å². The summed E-state index contributed by atoms with van der Waals surface area (Å²) in [6.07, 6.45) is 72.8. The SMILES string of the molecule is CC\C=C/C=C\C=C/C=C\C=C\C=C/C=C\CCCCCC(=O)OCC(COC(=O)CCCCC/C=C\C=C/CCCC)OC(=O)CCCCCCCCC/C=C\C/C=C\CCCCC. The van der Waals surface area contributed by atoms with E-state index < -0.39 is 6.10 Å². The van der Waals surface area contributed by atoms with Crippen molar-refractivity contribution < 1.29 is 28.6 Å². The van der Waals surface area contributed by atoms with E-state index in [0.29, 0.717) is 19.3 Å². The Labute approximate surface area is 398 Å². The predicted octanol–water partition coefficient (Wildman–Crippen LogP) is 17.1. The maximum absolute atomic E-state index is 12.8. The molecule has 0 heterocycles. The fourth-order valence-corrected chi connectivity index (χ4v) is 6.43. The van der Waals surface area contributed by atoms with Crippen molar-refractivity contribution in [3.63, 3.8) is 0 Å². The average Bonchev–Trinajstić information content (AvgIpc) is 3.30. The van der Waals surface area contributed by atoms with Crippen LogP contribution in [0, 0.1) is 0 Å². The minimum atomic E-state index is -0.817. The minimum Gasteiger partial charge on any atom is -0.462 e. The second-order valence-electron chi connectivity index (χ2n) is 16.6. The number of carbonyl (C=O) groups is 3. The lowest BCUT2D eigenvalue weighted by Gasteiger charge is -2.18. The van der Waals surface area contributed by atoms with Crippen LogP contribution in [-0.2, 0) is 28.6 Å². The summed E-state index contributed by atoms with van der Waals surface area (Å²) < 4.78 is 16.7. The highest BCUT2D eigenvalue weighted by atomic mass is 16.6. The molecular formula is C59H92O6. The van der Waals surface area contributed by atoms with Crippen LogP contribution in [0.15, 0.2) is 134 Å². The van der Waals surface area contributed by atoms with E-state index in [1.165, 1.54) is 64.2 Å². The number of rotatable bonds is 44. The summed E-state index contributed by atoms with van der Waals surface area (Å²) in [4.78, 5) is 38.0. The number of hydrogen-bond acceptors (Lipinski definition) is 6. The van der Waals surface area contributed by atoms with Gasteiger partial charge in [0.05, 0.1) is 0 Å². The molecule has 0 aromatic rings. The van der Waals surface area contributed by atoms with E-state index in [1.54, 1.807) is 0 Å². The van der Waals surface area contributed by atoms with Gasteiger partial charge in [0.25, 0.3) is 0 Å². The Morgan fingerprint density at radius 2 is 0.677 bits per heavy atom. The zero-order valence-electron chi connectivity index (χ0n) is 41.4. The van der Waals surface area contributed by atoms with Gasteiger partial charge in [0.1, 0.15) is 13.2 Å². The molecular weight excluding hydrogens is 805 g/mol. The van der Waals surface area contributed by atoms with Crippen LogP contribution in [0.25, 0.3) is 0 Å². The molecule has 1 atom stereocenters. The zero-order valence-corrected chi connectivity index (χ0v) is 41.4. The summed E-state index contributed by atoms with van der Waals surface area (Å²) in [5.41, 5.74) is 0. The van der Waals surface area contributed by atoms with E-state index >= 15 is 0 Å². The molecule has 0 spiro atoms. The molecule has 0 aliphatic heterocycles. The topological polar surface area (TPSA) is 78.9 Å². The molecule has 0 aliphatic rings. The molecule has 0 radical (unpaired) electrons. The van der Waals surface area contributed by atoms with Gasteiger partial charge in [-0.2, -0.15) is 0 Å². The van der Waals surface area contributed by atoms with Crippen LogP contribution in [0.1, 0.15) is 201 Å². The Bertz CT molecular complexity index is 1450. The van der Waals surface area contributed by atoms with Crippen molar-refractivity contribution in [2.75, 3.05) is 13.2 Å². The second kappa shape index (κ2) is 52.2. The van der Waals surface area contributed by atoms with Crippen molar-refractivity contribution in [1.29, 1.82) is 0 Å². The van der Waals surface area contributed by atoms with Crippen molar-refractivity contribution in [2.24, 2.45) is 0 Å². The van der Waals surface area contributed by atoms with E-state index in [4.69, 9.17) is 14.2 Å². The fraction of sp³-hybridized carbons (Fsp3) is 0.576. The summed E-state index contributed by atoms with van der Waals surface area (Å²) in [7, 11) is 0.